The van der Waals surface area contributed by atoms with Crippen LogP contribution in [-0.2, 0) is 9.59 Å². The van der Waals surface area contributed by atoms with Gasteiger partial charge >= 0.3 is 0 Å². The molecule has 2 heterocycles. The normalized spacial score (nSPS) is 31.1. The first kappa shape index (κ1) is 10.8. The van der Waals surface area contributed by atoms with Crippen LogP contribution in [0.4, 0.5) is 0 Å². The molecule has 2 N–H and O–H groups in total. The van der Waals surface area contributed by atoms with Gasteiger partial charge in [0.15, 0.2) is 0 Å². The van der Waals surface area contributed by atoms with Crippen molar-refractivity contribution in [1.82, 2.24) is 10.6 Å². The number of hydrogen-bond acceptors (Lipinski definition) is 3. The number of thioether (sulfide) groups is 1. The van der Waals surface area contributed by atoms with Crippen LogP contribution in [-0.4, -0.2) is 35.4 Å². The Kier molecular flexibility index (Phi) is 3.51. The zero-order valence-corrected chi connectivity index (χ0v) is 9.44. The molecule has 2 fully saturated rings. The maximum Gasteiger partial charge on any atom is 0.242 e. The van der Waals surface area contributed by atoms with Crippen molar-refractivity contribution in [2.45, 2.75) is 37.8 Å². The summed E-state index contributed by atoms with van der Waals surface area (Å²) < 4.78 is 0. The van der Waals surface area contributed by atoms with Crippen molar-refractivity contribution in [2.75, 3.05) is 11.5 Å². The SMILES string of the molecule is O=C1CC[C@H](C(=O)NC2CCCSC2)N1. The molecule has 15 heavy (non-hydrogen) atoms. The second-order valence-corrected chi connectivity index (χ2v) is 5.23. The molecule has 0 aromatic carbocycles. The van der Waals surface area contributed by atoms with Crippen LogP contribution >= 0.6 is 11.8 Å². The summed E-state index contributed by atoms with van der Waals surface area (Å²) in [4.78, 5) is 22.7. The van der Waals surface area contributed by atoms with Gasteiger partial charge in [0, 0.05) is 18.2 Å². The fourth-order valence-corrected chi connectivity index (χ4v) is 3.04. The van der Waals surface area contributed by atoms with Crippen LogP contribution in [0.1, 0.15) is 25.7 Å². The molecule has 0 bridgehead atoms. The number of nitrogens with one attached hydrogen (secondary N) is 2. The van der Waals surface area contributed by atoms with Crippen molar-refractivity contribution in [1.29, 1.82) is 0 Å². The number of rotatable bonds is 2. The first-order valence-electron chi connectivity index (χ1n) is 5.43. The third kappa shape index (κ3) is 2.87. The van der Waals surface area contributed by atoms with Crippen molar-refractivity contribution < 1.29 is 9.59 Å². The lowest BCUT2D eigenvalue weighted by atomic mass is 10.1. The Balaban J connectivity index is 1.78. The lowest BCUT2D eigenvalue weighted by Crippen LogP contribution is -2.47. The van der Waals surface area contributed by atoms with E-state index in [-0.39, 0.29) is 17.9 Å². The van der Waals surface area contributed by atoms with Gasteiger partial charge in [0.1, 0.15) is 6.04 Å². The average molecular weight is 228 g/mol. The summed E-state index contributed by atoms with van der Waals surface area (Å²) in [5.74, 6) is 2.19. The highest BCUT2D eigenvalue weighted by molar-refractivity contribution is 7.99. The Hall–Kier alpha value is -0.710. The van der Waals surface area contributed by atoms with Gasteiger partial charge in [-0.2, -0.15) is 11.8 Å². The standard InChI is InChI=1S/C10H16N2O2S/c13-9-4-3-8(12-9)10(14)11-7-2-1-5-15-6-7/h7-8H,1-6H2,(H,11,14)(H,12,13)/t7?,8-/m1/s1. The smallest absolute Gasteiger partial charge is 0.242 e. The van der Waals surface area contributed by atoms with E-state index in [1.165, 1.54) is 12.2 Å². The van der Waals surface area contributed by atoms with E-state index in [9.17, 15) is 9.59 Å². The lowest BCUT2D eigenvalue weighted by molar-refractivity contribution is -0.126. The van der Waals surface area contributed by atoms with Crippen LogP contribution in [0.3, 0.4) is 0 Å². The number of carbonyl (C=O) groups is 2. The van der Waals surface area contributed by atoms with E-state index in [1.807, 2.05) is 11.8 Å². The summed E-state index contributed by atoms with van der Waals surface area (Å²) in [7, 11) is 0. The molecule has 2 aliphatic rings. The number of hydrogen-bond donors (Lipinski definition) is 2. The Morgan fingerprint density at radius 1 is 1.47 bits per heavy atom. The van der Waals surface area contributed by atoms with Crippen molar-refractivity contribution in [2.24, 2.45) is 0 Å². The maximum absolute atomic E-state index is 11.7. The molecule has 84 valence electrons. The Bertz CT molecular complexity index is 264. The summed E-state index contributed by atoms with van der Waals surface area (Å²) in [6, 6.07) is 0.0122. The molecule has 0 aliphatic carbocycles. The first-order valence-corrected chi connectivity index (χ1v) is 6.58. The van der Waals surface area contributed by atoms with Gasteiger partial charge in [-0.25, -0.2) is 0 Å². The zero-order valence-electron chi connectivity index (χ0n) is 8.62. The maximum atomic E-state index is 11.7. The highest BCUT2D eigenvalue weighted by Gasteiger charge is 2.28. The molecule has 0 spiro atoms. The Morgan fingerprint density at radius 3 is 2.93 bits per heavy atom. The predicted molar refractivity (Wildman–Crippen MR) is 59.7 cm³/mol. The van der Waals surface area contributed by atoms with Crippen LogP contribution in [0.25, 0.3) is 0 Å². The Labute approximate surface area is 93.6 Å². The van der Waals surface area contributed by atoms with Crippen molar-refractivity contribution in [3.8, 4) is 0 Å². The van der Waals surface area contributed by atoms with Crippen LogP contribution in [0.2, 0.25) is 0 Å². The minimum absolute atomic E-state index is 0.00616. The topological polar surface area (TPSA) is 58.2 Å². The van der Waals surface area contributed by atoms with Gasteiger partial charge in [-0.05, 0) is 25.0 Å². The van der Waals surface area contributed by atoms with Crippen LogP contribution in [0.15, 0.2) is 0 Å². The monoisotopic (exact) mass is 228 g/mol. The van der Waals surface area contributed by atoms with Gasteiger partial charge in [-0.1, -0.05) is 0 Å². The van der Waals surface area contributed by atoms with Crippen molar-refractivity contribution in [3.05, 3.63) is 0 Å². The molecule has 4 nitrogen and oxygen atoms in total. The molecular formula is C10H16N2O2S. The van der Waals surface area contributed by atoms with Gasteiger partial charge in [0.05, 0.1) is 0 Å². The molecule has 2 amide bonds. The number of carbonyl (C=O) groups excluding carboxylic acids is 2. The van der Waals surface area contributed by atoms with Gasteiger partial charge in [-0.15, -0.1) is 0 Å². The summed E-state index contributed by atoms with van der Waals surface area (Å²) in [5.41, 5.74) is 0. The summed E-state index contributed by atoms with van der Waals surface area (Å²) >= 11 is 1.89. The summed E-state index contributed by atoms with van der Waals surface area (Å²) in [6.07, 6.45) is 3.37. The van der Waals surface area contributed by atoms with Gasteiger partial charge in [0.25, 0.3) is 0 Å². The van der Waals surface area contributed by atoms with E-state index in [1.54, 1.807) is 0 Å². The quantitative estimate of drug-likeness (QED) is 0.713. The fraction of sp³-hybridized carbons (Fsp3) is 0.800. The third-order valence-corrected chi connectivity index (χ3v) is 4.03. The van der Waals surface area contributed by atoms with Gasteiger partial charge in [0.2, 0.25) is 11.8 Å². The zero-order chi connectivity index (χ0) is 10.7. The molecular weight excluding hydrogens is 212 g/mol. The minimum Gasteiger partial charge on any atom is -0.351 e. The molecule has 0 radical (unpaired) electrons. The lowest BCUT2D eigenvalue weighted by Gasteiger charge is -2.23. The Morgan fingerprint density at radius 2 is 2.33 bits per heavy atom. The van der Waals surface area contributed by atoms with Gasteiger partial charge in [-0.3, -0.25) is 9.59 Å². The molecule has 2 aliphatic heterocycles. The van der Waals surface area contributed by atoms with E-state index in [0.717, 1.165) is 12.2 Å². The predicted octanol–water partition coefficient (Wildman–Crippen LogP) is 0.277. The van der Waals surface area contributed by atoms with Gasteiger partial charge < -0.3 is 10.6 Å². The second-order valence-electron chi connectivity index (χ2n) is 4.08. The van der Waals surface area contributed by atoms with Crippen LogP contribution in [0, 0.1) is 0 Å². The summed E-state index contributed by atoms with van der Waals surface area (Å²) in [6.45, 7) is 0. The molecule has 5 heteroatoms. The van der Waals surface area contributed by atoms with E-state index < -0.39 is 0 Å². The molecule has 0 saturated carbocycles. The molecule has 0 aromatic rings. The average Bonchev–Trinajstić information content (AvgIpc) is 2.66. The highest BCUT2D eigenvalue weighted by atomic mass is 32.2. The van der Waals surface area contributed by atoms with Crippen LogP contribution < -0.4 is 10.6 Å². The molecule has 1 unspecified atom stereocenters. The number of amides is 2. The molecule has 2 atom stereocenters. The largest absolute Gasteiger partial charge is 0.351 e. The second kappa shape index (κ2) is 4.88. The highest BCUT2D eigenvalue weighted by Crippen LogP contribution is 2.17. The first-order chi connectivity index (χ1) is 7.25. The molecule has 2 rings (SSSR count). The van der Waals surface area contributed by atoms with E-state index in [4.69, 9.17) is 0 Å². The van der Waals surface area contributed by atoms with Crippen molar-refractivity contribution in [3.63, 3.8) is 0 Å². The van der Waals surface area contributed by atoms with E-state index in [0.29, 0.717) is 18.9 Å². The van der Waals surface area contributed by atoms with E-state index in [2.05, 4.69) is 10.6 Å². The summed E-state index contributed by atoms with van der Waals surface area (Å²) in [5, 5.41) is 5.69. The van der Waals surface area contributed by atoms with Crippen LogP contribution in [0.5, 0.6) is 0 Å². The van der Waals surface area contributed by atoms with Crippen molar-refractivity contribution >= 4 is 23.6 Å². The third-order valence-electron chi connectivity index (χ3n) is 2.82. The molecule has 2 saturated heterocycles. The minimum atomic E-state index is -0.288. The molecule has 0 aromatic heterocycles. The fourth-order valence-electron chi connectivity index (χ4n) is 1.97. The van der Waals surface area contributed by atoms with E-state index >= 15 is 0 Å².